The minimum absolute atomic E-state index is 0.189. The maximum absolute atomic E-state index is 12.1. The molecule has 0 aliphatic rings. The number of hydrogen-bond acceptors (Lipinski definition) is 2. The van der Waals surface area contributed by atoms with Crippen molar-refractivity contribution in [2.75, 3.05) is 5.75 Å². The van der Waals surface area contributed by atoms with E-state index in [2.05, 4.69) is 38.1 Å². The Hall–Kier alpha value is -1.54. The van der Waals surface area contributed by atoms with Gasteiger partial charge in [0.15, 0.2) is 5.78 Å². The van der Waals surface area contributed by atoms with E-state index in [1.807, 2.05) is 25.1 Å². The van der Waals surface area contributed by atoms with Crippen molar-refractivity contribution in [2.45, 2.75) is 25.7 Å². The average molecular weight is 270 g/mol. The first-order chi connectivity index (χ1) is 9.06. The molecule has 2 aromatic carbocycles. The monoisotopic (exact) mass is 270 g/mol. The number of benzene rings is 2. The fraction of sp³-hybridized carbons (Fsp3) is 0.235. The normalized spacial score (nSPS) is 10.5. The highest BCUT2D eigenvalue weighted by Crippen LogP contribution is 2.20. The highest BCUT2D eigenvalue weighted by atomic mass is 32.2. The number of aryl methyl sites for hydroxylation is 3. The number of Topliss-reactive ketones (excluding diaryl/α,β-unsaturated/α-hetero) is 1. The van der Waals surface area contributed by atoms with Crippen LogP contribution >= 0.6 is 11.8 Å². The van der Waals surface area contributed by atoms with E-state index in [1.165, 1.54) is 16.7 Å². The summed E-state index contributed by atoms with van der Waals surface area (Å²) < 4.78 is 0. The molecule has 0 unspecified atom stereocenters. The zero-order valence-electron chi connectivity index (χ0n) is 11.6. The van der Waals surface area contributed by atoms with Gasteiger partial charge in [-0.15, -0.1) is 11.8 Å². The molecule has 0 radical (unpaired) electrons. The Bertz CT molecular complexity index is 585. The first kappa shape index (κ1) is 13.9. The summed E-state index contributed by atoms with van der Waals surface area (Å²) in [6.07, 6.45) is 0. The molecule has 0 aliphatic carbocycles. The van der Waals surface area contributed by atoms with Gasteiger partial charge in [-0.25, -0.2) is 0 Å². The summed E-state index contributed by atoms with van der Waals surface area (Å²) in [5, 5.41) is 0. The number of rotatable bonds is 4. The first-order valence-electron chi connectivity index (χ1n) is 6.36. The predicted molar refractivity (Wildman–Crippen MR) is 82.1 cm³/mol. The van der Waals surface area contributed by atoms with E-state index < -0.39 is 0 Å². The average Bonchev–Trinajstić information content (AvgIpc) is 2.41. The van der Waals surface area contributed by atoms with Crippen LogP contribution in [0.4, 0.5) is 0 Å². The molecule has 0 bridgehead atoms. The quantitative estimate of drug-likeness (QED) is 0.597. The molecule has 2 rings (SSSR count). The zero-order valence-corrected chi connectivity index (χ0v) is 12.4. The third-order valence-electron chi connectivity index (χ3n) is 3.22. The van der Waals surface area contributed by atoms with Crippen LogP contribution in [-0.4, -0.2) is 11.5 Å². The molecular weight excluding hydrogens is 252 g/mol. The van der Waals surface area contributed by atoms with Crippen molar-refractivity contribution < 1.29 is 4.79 Å². The molecule has 0 heterocycles. The van der Waals surface area contributed by atoms with Crippen molar-refractivity contribution >= 4 is 17.5 Å². The van der Waals surface area contributed by atoms with E-state index in [1.54, 1.807) is 11.8 Å². The predicted octanol–water partition coefficient (Wildman–Crippen LogP) is 4.59. The molecule has 98 valence electrons. The zero-order chi connectivity index (χ0) is 13.8. The SMILES string of the molecule is Cc1ccc(SCC(=O)c2ccc(C)c(C)c2)cc1. The topological polar surface area (TPSA) is 17.1 Å². The van der Waals surface area contributed by atoms with E-state index >= 15 is 0 Å². The Morgan fingerprint density at radius 3 is 2.26 bits per heavy atom. The van der Waals surface area contributed by atoms with Gasteiger partial charge in [0.25, 0.3) is 0 Å². The number of ketones is 1. The Morgan fingerprint density at radius 1 is 0.947 bits per heavy atom. The second kappa shape index (κ2) is 6.07. The van der Waals surface area contributed by atoms with Crippen molar-refractivity contribution in [1.29, 1.82) is 0 Å². The summed E-state index contributed by atoms with van der Waals surface area (Å²) in [4.78, 5) is 13.3. The van der Waals surface area contributed by atoms with Crippen LogP contribution in [-0.2, 0) is 0 Å². The Labute approximate surface area is 119 Å². The maximum atomic E-state index is 12.1. The molecule has 0 saturated heterocycles. The third-order valence-corrected chi connectivity index (χ3v) is 4.23. The van der Waals surface area contributed by atoms with Gasteiger partial charge in [0.05, 0.1) is 5.75 Å². The fourth-order valence-electron chi connectivity index (χ4n) is 1.78. The number of carbonyl (C=O) groups excluding carboxylic acids is 1. The van der Waals surface area contributed by atoms with E-state index in [4.69, 9.17) is 0 Å². The first-order valence-corrected chi connectivity index (χ1v) is 7.35. The van der Waals surface area contributed by atoms with Gasteiger partial charge in [0.1, 0.15) is 0 Å². The lowest BCUT2D eigenvalue weighted by molar-refractivity contribution is 0.102. The molecule has 0 spiro atoms. The number of thioether (sulfide) groups is 1. The molecule has 0 amide bonds. The van der Waals surface area contributed by atoms with Gasteiger partial charge in [0, 0.05) is 10.5 Å². The molecule has 2 heteroatoms. The lowest BCUT2D eigenvalue weighted by atomic mass is 10.0. The van der Waals surface area contributed by atoms with Crippen molar-refractivity contribution in [1.82, 2.24) is 0 Å². The Balaban J connectivity index is 2.01. The van der Waals surface area contributed by atoms with Crippen LogP contribution in [0.3, 0.4) is 0 Å². The van der Waals surface area contributed by atoms with Crippen LogP contribution in [0, 0.1) is 20.8 Å². The molecule has 0 saturated carbocycles. The summed E-state index contributed by atoms with van der Waals surface area (Å²) >= 11 is 1.59. The Morgan fingerprint density at radius 2 is 1.63 bits per heavy atom. The van der Waals surface area contributed by atoms with E-state index in [0.717, 1.165) is 10.5 Å². The van der Waals surface area contributed by atoms with Gasteiger partial charge in [-0.1, -0.05) is 29.8 Å². The van der Waals surface area contributed by atoms with E-state index in [-0.39, 0.29) is 5.78 Å². The van der Waals surface area contributed by atoms with Gasteiger partial charge >= 0.3 is 0 Å². The van der Waals surface area contributed by atoms with Crippen LogP contribution in [0.2, 0.25) is 0 Å². The molecule has 0 aliphatic heterocycles. The minimum atomic E-state index is 0.189. The molecule has 19 heavy (non-hydrogen) atoms. The molecule has 2 aromatic rings. The second-order valence-electron chi connectivity index (χ2n) is 4.82. The van der Waals surface area contributed by atoms with Crippen LogP contribution in [0.15, 0.2) is 47.4 Å². The summed E-state index contributed by atoms with van der Waals surface area (Å²) in [5.74, 6) is 0.680. The smallest absolute Gasteiger partial charge is 0.173 e. The van der Waals surface area contributed by atoms with Crippen molar-refractivity contribution in [3.05, 3.63) is 64.7 Å². The maximum Gasteiger partial charge on any atom is 0.173 e. The van der Waals surface area contributed by atoms with Crippen molar-refractivity contribution in [3.8, 4) is 0 Å². The third kappa shape index (κ3) is 3.71. The molecule has 0 fully saturated rings. The highest BCUT2D eigenvalue weighted by Gasteiger charge is 2.07. The summed E-state index contributed by atoms with van der Waals surface area (Å²) in [6, 6.07) is 14.2. The standard InChI is InChI=1S/C17H18OS/c1-12-4-8-16(9-5-12)19-11-17(18)15-7-6-13(2)14(3)10-15/h4-10H,11H2,1-3H3. The fourth-order valence-corrected chi connectivity index (χ4v) is 2.57. The van der Waals surface area contributed by atoms with Crippen LogP contribution in [0.1, 0.15) is 27.0 Å². The molecular formula is C17H18OS. The van der Waals surface area contributed by atoms with Gasteiger partial charge in [-0.2, -0.15) is 0 Å². The van der Waals surface area contributed by atoms with Crippen LogP contribution in [0.25, 0.3) is 0 Å². The summed E-state index contributed by atoms with van der Waals surface area (Å²) in [7, 11) is 0. The second-order valence-corrected chi connectivity index (χ2v) is 5.87. The van der Waals surface area contributed by atoms with Gasteiger partial charge in [0.2, 0.25) is 0 Å². The van der Waals surface area contributed by atoms with Crippen LogP contribution in [0.5, 0.6) is 0 Å². The van der Waals surface area contributed by atoms with Crippen molar-refractivity contribution in [2.24, 2.45) is 0 Å². The van der Waals surface area contributed by atoms with E-state index in [9.17, 15) is 4.79 Å². The van der Waals surface area contributed by atoms with Crippen LogP contribution < -0.4 is 0 Å². The lowest BCUT2D eigenvalue weighted by Crippen LogP contribution is -2.03. The molecule has 0 atom stereocenters. The lowest BCUT2D eigenvalue weighted by Gasteiger charge is -2.05. The number of carbonyl (C=O) groups is 1. The minimum Gasteiger partial charge on any atom is -0.293 e. The molecule has 1 nitrogen and oxygen atoms in total. The van der Waals surface area contributed by atoms with Gasteiger partial charge < -0.3 is 0 Å². The summed E-state index contributed by atoms with van der Waals surface area (Å²) in [5.41, 5.74) is 4.45. The summed E-state index contributed by atoms with van der Waals surface area (Å²) in [6.45, 7) is 6.17. The largest absolute Gasteiger partial charge is 0.293 e. The van der Waals surface area contributed by atoms with Gasteiger partial charge in [-0.05, 0) is 50.1 Å². The van der Waals surface area contributed by atoms with Crippen molar-refractivity contribution in [3.63, 3.8) is 0 Å². The Kier molecular flexibility index (Phi) is 4.43. The van der Waals surface area contributed by atoms with Gasteiger partial charge in [-0.3, -0.25) is 4.79 Å². The highest BCUT2D eigenvalue weighted by molar-refractivity contribution is 8.00. The van der Waals surface area contributed by atoms with E-state index in [0.29, 0.717) is 5.75 Å². The molecule has 0 N–H and O–H groups in total. The number of hydrogen-bond donors (Lipinski definition) is 0. The molecule has 0 aromatic heterocycles.